The summed E-state index contributed by atoms with van der Waals surface area (Å²) in [5, 5.41) is 0. The van der Waals surface area contributed by atoms with Crippen LogP contribution in [0.4, 0.5) is 5.69 Å². The molecule has 0 spiro atoms. The zero-order chi connectivity index (χ0) is 19.2. The Kier molecular flexibility index (Phi) is 5.71. The number of hydrogen-bond donors (Lipinski definition) is 2. The summed E-state index contributed by atoms with van der Waals surface area (Å²) < 4.78 is 5.43. The standard InChI is InChI=1S/C20H21N3O4/c1-14-6-2-3-9-17(14)27-13-18(24)21-22-20(26)15-7-4-8-16(12-15)23-11-5-10-19(23)25/h2-4,6-9,12H,5,10-11,13H2,1H3,(H,21,24)(H,22,26). The topological polar surface area (TPSA) is 87.7 Å². The molecule has 0 bridgehead atoms. The van der Waals surface area contributed by atoms with Crippen molar-refractivity contribution < 1.29 is 19.1 Å². The van der Waals surface area contributed by atoms with E-state index in [0.717, 1.165) is 12.0 Å². The molecule has 1 fully saturated rings. The van der Waals surface area contributed by atoms with Gasteiger partial charge in [-0.3, -0.25) is 25.2 Å². The van der Waals surface area contributed by atoms with Crippen LogP contribution in [0.5, 0.6) is 5.75 Å². The summed E-state index contributed by atoms with van der Waals surface area (Å²) in [6, 6.07) is 14.1. The fourth-order valence-corrected chi connectivity index (χ4v) is 2.83. The number of nitrogens with zero attached hydrogens (tertiary/aromatic N) is 1. The number of amides is 3. The number of hydrogen-bond acceptors (Lipinski definition) is 4. The van der Waals surface area contributed by atoms with Crippen LogP contribution < -0.4 is 20.5 Å². The maximum Gasteiger partial charge on any atom is 0.276 e. The average Bonchev–Trinajstić information content (AvgIpc) is 3.11. The van der Waals surface area contributed by atoms with Gasteiger partial charge in [-0.25, -0.2) is 0 Å². The lowest BCUT2D eigenvalue weighted by molar-refractivity contribution is -0.123. The number of aryl methyl sites for hydroxylation is 1. The molecule has 0 unspecified atom stereocenters. The first kappa shape index (κ1) is 18.4. The summed E-state index contributed by atoms with van der Waals surface area (Å²) in [7, 11) is 0. The van der Waals surface area contributed by atoms with Gasteiger partial charge in [0, 0.05) is 24.2 Å². The molecule has 0 saturated carbocycles. The molecule has 7 nitrogen and oxygen atoms in total. The minimum Gasteiger partial charge on any atom is -0.483 e. The van der Waals surface area contributed by atoms with Gasteiger partial charge in [-0.05, 0) is 43.2 Å². The van der Waals surface area contributed by atoms with Crippen molar-refractivity contribution in [3.8, 4) is 5.75 Å². The maximum atomic E-state index is 12.3. The summed E-state index contributed by atoms with van der Waals surface area (Å²) in [5.41, 5.74) is 6.63. The Morgan fingerprint density at radius 1 is 1.11 bits per heavy atom. The number of rotatable bonds is 5. The molecule has 0 aliphatic carbocycles. The van der Waals surface area contributed by atoms with Gasteiger partial charge < -0.3 is 9.64 Å². The molecule has 1 aliphatic rings. The van der Waals surface area contributed by atoms with Crippen molar-refractivity contribution in [1.82, 2.24) is 10.9 Å². The van der Waals surface area contributed by atoms with Crippen molar-refractivity contribution >= 4 is 23.4 Å². The molecule has 2 aromatic rings. The van der Waals surface area contributed by atoms with Crippen molar-refractivity contribution in [2.45, 2.75) is 19.8 Å². The van der Waals surface area contributed by atoms with Crippen LogP contribution in [0.15, 0.2) is 48.5 Å². The van der Waals surface area contributed by atoms with E-state index in [1.165, 1.54) is 0 Å². The molecule has 0 atom stereocenters. The second kappa shape index (κ2) is 8.35. The normalized spacial score (nSPS) is 13.4. The fraction of sp³-hybridized carbons (Fsp3) is 0.250. The van der Waals surface area contributed by atoms with E-state index in [1.54, 1.807) is 35.2 Å². The van der Waals surface area contributed by atoms with Crippen molar-refractivity contribution in [3.05, 3.63) is 59.7 Å². The van der Waals surface area contributed by atoms with Crippen LogP contribution in [-0.4, -0.2) is 30.9 Å². The summed E-state index contributed by atoms with van der Waals surface area (Å²) in [6.07, 6.45) is 1.33. The fourth-order valence-electron chi connectivity index (χ4n) is 2.83. The Bertz CT molecular complexity index is 866. The molecule has 3 rings (SSSR count). The molecule has 0 radical (unpaired) electrons. The Morgan fingerprint density at radius 2 is 1.93 bits per heavy atom. The molecule has 140 valence electrons. The number of anilines is 1. The van der Waals surface area contributed by atoms with Crippen LogP contribution >= 0.6 is 0 Å². The number of carbonyl (C=O) groups is 3. The van der Waals surface area contributed by atoms with Gasteiger partial charge in [-0.15, -0.1) is 0 Å². The van der Waals surface area contributed by atoms with Gasteiger partial charge in [0.1, 0.15) is 5.75 Å². The van der Waals surface area contributed by atoms with Crippen LogP contribution in [0.3, 0.4) is 0 Å². The largest absolute Gasteiger partial charge is 0.483 e. The second-order valence-corrected chi connectivity index (χ2v) is 6.26. The van der Waals surface area contributed by atoms with Gasteiger partial charge in [-0.2, -0.15) is 0 Å². The Balaban J connectivity index is 1.52. The SMILES string of the molecule is Cc1ccccc1OCC(=O)NNC(=O)c1cccc(N2CCCC2=O)c1. The molecule has 1 heterocycles. The minimum absolute atomic E-state index is 0.0502. The van der Waals surface area contributed by atoms with Crippen LogP contribution in [0, 0.1) is 6.92 Å². The number of para-hydroxylation sites is 1. The Morgan fingerprint density at radius 3 is 2.67 bits per heavy atom. The molecule has 27 heavy (non-hydrogen) atoms. The van der Waals surface area contributed by atoms with Gasteiger partial charge in [-0.1, -0.05) is 24.3 Å². The van der Waals surface area contributed by atoms with E-state index in [1.807, 2.05) is 25.1 Å². The molecule has 3 amide bonds. The molecular formula is C20H21N3O4. The van der Waals surface area contributed by atoms with Gasteiger partial charge in [0.25, 0.3) is 11.8 Å². The first-order valence-electron chi connectivity index (χ1n) is 8.72. The van der Waals surface area contributed by atoms with E-state index in [2.05, 4.69) is 10.9 Å². The molecule has 0 aromatic heterocycles. The average molecular weight is 367 g/mol. The summed E-state index contributed by atoms with van der Waals surface area (Å²) in [4.78, 5) is 37.6. The third-order valence-corrected chi connectivity index (χ3v) is 4.26. The van der Waals surface area contributed by atoms with E-state index in [9.17, 15) is 14.4 Å². The van der Waals surface area contributed by atoms with Crippen molar-refractivity contribution in [2.24, 2.45) is 0 Å². The number of nitrogens with one attached hydrogen (secondary N) is 2. The molecule has 2 aromatic carbocycles. The quantitative estimate of drug-likeness (QED) is 0.791. The zero-order valence-electron chi connectivity index (χ0n) is 15.0. The molecule has 1 aliphatic heterocycles. The highest BCUT2D eigenvalue weighted by molar-refractivity contribution is 5.99. The van der Waals surface area contributed by atoms with E-state index in [0.29, 0.717) is 30.0 Å². The maximum absolute atomic E-state index is 12.3. The molecule has 7 heteroatoms. The number of hydrazine groups is 1. The number of benzene rings is 2. The Labute approximate surface area is 157 Å². The van der Waals surface area contributed by atoms with Crippen LogP contribution in [0.25, 0.3) is 0 Å². The van der Waals surface area contributed by atoms with Crippen LogP contribution in [0.1, 0.15) is 28.8 Å². The van der Waals surface area contributed by atoms with E-state index < -0.39 is 11.8 Å². The van der Waals surface area contributed by atoms with Crippen LogP contribution in [0.2, 0.25) is 0 Å². The van der Waals surface area contributed by atoms with E-state index in [-0.39, 0.29) is 12.5 Å². The zero-order valence-corrected chi connectivity index (χ0v) is 15.0. The van der Waals surface area contributed by atoms with Crippen molar-refractivity contribution in [3.63, 3.8) is 0 Å². The predicted octanol–water partition coefficient (Wildman–Crippen LogP) is 1.96. The first-order chi connectivity index (χ1) is 13.0. The van der Waals surface area contributed by atoms with Crippen LogP contribution in [-0.2, 0) is 9.59 Å². The van der Waals surface area contributed by atoms with Gasteiger partial charge in [0.15, 0.2) is 6.61 Å². The third kappa shape index (κ3) is 4.63. The highest BCUT2D eigenvalue weighted by Gasteiger charge is 2.22. The van der Waals surface area contributed by atoms with Gasteiger partial charge in [0.05, 0.1) is 0 Å². The summed E-state index contributed by atoms with van der Waals surface area (Å²) in [5.74, 6) is -0.276. The third-order valence-electron chi connectivity index (χ3n) is 4.26. The smallest absolute Gasteiger partial charge is 0.276 e. The van der Waals surface area contributed by atoms with E-state index >= 15 is 0 Å². The lowest BCUT2D eigenvalue weighted by Crippen LogP contribution is -2.43. The lowest BCUT2D eigenvalue weighted by atomic mass is 10.2. The Hall–Kier alpha value is -3.35. The highest BCUT2D eigenvalue weighted by atomic mass is 16.5. The van der Waals surface area contributed by atoms with Gasteiger partial charge >= 0.3 is 0 Å². The monoisotopic (exact) mass is 367 g/mol. The molecule has 2 N–H and O–H groups in total. The van der Waals surface area contributed by atoms with Gasteiger partial charge in [0.2, 0.25) is 5.91 Å². The molecular weight excluding hydrogens is 346 g/mol. The lowest BCUT2D eigenvalue weighted by Gasteiger charge is -2.16. The highest BCUT2D eigenvalue weighted by Crippen LogP contribution is 2.22. The predicted molar refractivity (Wildman–Crippen MR) is 100 cm³/mol. The second-order valence-electron chi connectivity index (χ2n) is 6.26. The van der Waals surface area contributed by atoms with Crippen molar-refractivity contribution in [1.29, 1.82) is 0 Å². The molecule has 1 saturated heterocycles. The summed E-state index contributed by atoms with van der Waals surface area (Å²) in [6.45, 7) is 2.32. The number of carbonyl (C=O) groups excluding carboxylic acids is 3. The van der Waals surface area contributed by atoms with Crippen molar-refractivity contribution in [2.75, 3.05) is 18.1 Å². The summed E-state index contributed by atoms with van der Waals surface area (Å²) >= 11 is 0. The number of ether oxygens (including phenoxy) is 1. The van der Waals surface area contributed by atoms with E-state index in [4.69, 9.17) is 4.74 Å². The first-order valence-corrected chi connectivity index (χ1v) is 8.72. The minimum atomic E-state index is -0.475.